The first kappa shape index (κ1) is 17.0. The van der Waals surface area contributed by atoms with Gasteiger partial charge in [0, 0.05) is 31.2 Å². The molecule has 0 saturated carbocycles. The van der Waals surface area contributed by atoms with Crippen molar-refractivity contribution < 1.29 is 9.84 Å². The number of aliphatic hydroxyl groups is 1. The van der Waals surface area contributed by atoms with Gasteiger partial charge < -0.3 is 15.6 Å². The molecular weight excluding hydrogens is 300 g/mol. The summed E-state index contributed by atoms with van der Waals surface area (Å²) in [5.74, 6) is 0.908. The molecule has 128 valence electrons. The second kappa shape index (κ2) is 7.79. The van der Waals surface area contributed by atoms with Gasteiger partial charge in [0.1, 0.15) is 12.4 Å². The standard InChI is InChI=1S/C20H26N2O2/c1-15-6-2-3-8-17(15)14-24-20-9-5-4-7-16(20)12-22-11-10-18(21)19(23)13-22/h2-9,18-19,23H,10-14,21H2,1H3. The predicted octanol–water partition coefficient (Wildman–Crippen LogP) is 2.47. The second-order valence-corrected chi connectivity index (χ2v) is 6.58. The monoisotopic (exact) mass is 326 g/mol. The summed E-state index contributed by atoms with van der Waals surface area (Å²) in [6.07, 6.45) is 0.381. The molecule has 0 bridgehead atoms. The minimum atomic E-state index is -0.446. The summed E-state index contributed by atoms with van der Waals surface area (Å²) in [6.45, 7) is 4.96. The van der Waals surface area contributed by atoms with Crippen LogP contribution in [0.15, 0.2) is 48.5 Å². The second-order valence-electron chi connectivity index (χ2n) is 6.58. The molecule has 0 radical (unpaired) electrons. The smallest absolute Gasteiger partial charge is 0.124 e. The molecule has 1 heterocycles. The number of aliphatic hydroxyl groups excluding tert-OH is 1. The van der Waals surface area contributed by atoms with Gasteiger partial charge in [-0.15, -0.1) is 0 Å². The molecule has 4 nitrogen and oxygen atoms in total. The van der Waals surface area contributed by atoms with Gasteiger partial charge in [-0.1, -0.05) is 42.5 Å². The number of nitrogens with zero attached hydrogens (tertiary/aromatic N) is 1. The van der Waals surface area contributed by atoms with Crippen LogP contribution in [0.3, 0.4) is 0 Å². The first-order valence-corrected chi connectivity index (χ1v) is 8.54. The lowest BCUT2D eigenvalue weighted by atomic mass is 10.0. The lowest BCUT2D eigenvalue weighted by Crippen LogP contribution is -2.50. The van der Waals surface area contributed by atoms with Crippen molar-refractivity contribution in [2.45, 2.75) is 38.6 Å². The van der Waals surface area contributed by atoms with Crippen LogP contribution in [0.1, 0.15) is 23.1 Å². The molecule has 0 aliphatic carbocycles. The number of nitrogens with two attached hydrogens (primary N) is 1. The Morgan fingerprint density at radius 3 is 2.58 bits per heavy atom. The topological polar surface area (TPSA) is 58.7 Å². The summed E-state index contributed by atoms with van der Waals surface area (Å²) in [7, 11) is 0. The third-order valence-electron chi connectivity index (χ3n) is 4.73. The summed E-state index contributed by atoms with van der Waals surface area (Å²) >= 11 is 0. The van der Waals surface area contributed by atoms with E-state index >= 15 is 0 Å². The fourth-order valence-corrected chi connectivity index (χ4v) is 3.10. The van der Waals surface area contributed by atoms with Crippen LogP contribution in [0, 0.1) is 6.92 Å². The molecule has 0 amide bonds. The average Bonchev–Trinajstić information content (AvgIpc) is 2.59. The molecular formula is C20H26N2O2. The minimum Gasteiger partial charge on any atom is -0.489 e. The van der Waals surface area contributed by atoms with Crippen molar-refractivity contribution in [1.29, 1.82) is 0 Å². The van der Waals surface area contributed by atoms with Crippen LogP contribution in [-0.4, -0.2) is 35.2 Å². The van der Waals surface area contributed by atoms with Crippen molar-refractivity contribution in [2.24, 2.45) is 5.73 Å². The highest BCUT2D eigenvalue weighted by Crippen LogP contribution is 2.23. The molecule has 1 aliphatic rings. The molecule has 2 aromatic carbocycles. The molecule has 2 atom stereocenters. The fraction of sp³-hybridized carbons (Fsp3) is 0.400. The Balaban J connectivity index is 1.66. The molecule has 3 N–H and O–H groups in total. The molecule has 1 saturated heterocycles. The van der Waals surface area contributed by atoms with Gasteiger partial charge in [-0.2, -0.15) is 0 Å². The fourth-order valence-electron chi connectivity index (χ4n) is 3.10. The maximum Gasteiger partial charge on any atom is 0.124 e. The van der Waals surface area contributed by atoms with E-state index in [0.29, 0.717) is 13.2 Å². The highest BCUT2D eigenvalue weighted by atomic mass is 16.5. The lowest BCUT2D eigenvalue weighted by molar-refractivity contribution is 0.0495. The third-order valence-corrected chi connectivity index (χ3v) is 4.73. The van der Waals surface area contributed by atoms with Crippen LogP contribution in [0.4, 0.5) is 0 Å². The van der Waals surface area contributed by atoms with Crippen LogP contribution in [0.5, 0.6) is 5.75 Å². The Labute approximate surface area is 143 Å². The van der Waals surface area contributed by atoms with Crippen molar-refractivity contribution >= 4 is 0 Å². The van der Waals surface area contributed by atoms with E-state index in [2.05, 4.69) is 30.0 Å². The number of ether oxygens (including phenoxy) is 1. The number of para-hydroxylation sites is 1. The Morgan fingerprint density at radius 2 is 1.83 bits per heavy atom. The van der Waals surface area contributed by atoms with E-state index in [1.54, 1.807) is 0 Å². The van der Waals surface area contributed by atoms with Crippen molar-refractivity contribution in [3.05, 3.63) is 65.2 Å². The van der Waals surface area contributed by atoms with Crippen molar-refractivity contribution in [3.63, 3.8) is 0 Å². The van der Waals surface area contributed by atoms with E-state index in [1.807, 2.05) is 30.3 Å². The quantitative estimate of drug-likeness (QED) is 0.886. The number of likely N-dealkylation sites (tertiary alicyclic amines) is 1. The van der Waals surface area contributed by atoms with E-state index in [0.717, 1.165) is 30.8 Å². The molecule has 4 heteroatoms. The van der Waals surface area contributed by atoms with Crippen molar-refractivity contribution in [1.82, 2.24) is 4.90 Å². The normalized spacial score (nSPS) is 21.6. The van der Waals surface area contributed by atoms with Crippen molar-refractivity contribution in [3.8, 4) is 5.75 Å². The highest BCUT2D eigenvalue weighted by Gasteiger charge is 2.25. The Bertz CT molecular complexity index is 674. The molecule has 0 spiro atoms. The maximum absolute atomic E-state index is 9.98. The summed E-state index contributed by atoms with van der Waals surface area (Å²) in [4.78, 5) is 2.24. The summed E-state index contributed by atoms with van der Waals surface area (Å²) in [6, 6.07) is 16.3. The van der Waals surface area contributed by atoms with Crippen LogP contribution >= 0.6 is 0 Å². The predicted molar refractivity (Wildman–Crippen MR) is 95.8 cm³/mol. The molecule has 24 heavy (non-hydrogen) atoms. The van der Waals surface area contributed by atoms with Crippen LogP contribution < -0.4 is 10.5 Å². The zero-order valence-corrected chi connectivity index (χ0v) is 14.2. The van der Waals surface area contributed by atoms with Gasteiger partial charge in [-0.3, -0.25) is 4.90 Å². The van der Waals surface area contributed by atoms with Crippen LogP contribution in [0.25, 0.3) is 0 Å². The van der Waals surface area contributed by atoms with E-state index < -0.39 is 6.10 Å². The minimum absolute atomic E-state index is 0.103. The average molecular weight is 326 g/mol. The van der Waals surface area contributed by atoms with Crippen molar-refractivity contribution in [2.75, 3.05) is 13.1 Å². The van der Waals surface area contributed by atoms with Crippen LogP contribution in [0.2, 0.25) is 0 Å². The van der Waals surface area contributed by atoms with Gasteiger partial charge in [0.25, 0.3) is 0 Å². The Morgan fingerprint density at radius 1 is 1.12 bits per heavy atom. The van der Waals surface area contributed by atoms with Gasteiger partial charge >= 0.3 is 0 Å². The van der Waals surface area contributed by atoms with Gasteiger partial charge in [-0.05, 0) is 30.5 Å². The number of β-amino-alcohol motifs (C(OH)–C–C–N with tert-alkyl or cyclic N) is 1. The maximum atomic E-state index is 9.98. The Hall–Kier alpha value is -1.88. The molecule has 2 aromatic rings. The van der Waals surface area contributed by atoms with E-state index in [1.165, 1.54) is 11.1 Å². The molecule has 1 fully saturated rings. The zero-order chi connectivity index (χ0) is 16.9. The van der Waals surface area contributed by atoms with E-state index in [4.69, 9.17) is 10.5 Å². The highest BCUT2D eigenvalue weighted by molar-refractivity contribution is 5.34. The lowest BCUT2D eigenvalue weighted by Gasteiger charge is -2.34. The number of rotatable bonds is 5. The largest absolute Gasteiger partial charge is 0.489 e. The van der Waals surface area contributed by atoms with E-state index in [9.17, 15) is 5.11 Å². The summed E-state index contributed by atoms with van der Waals surface area (Å²) in [5.41, 5.74) is 9.48. The number of hydrogen-bond donors (Lipinski definition) is 2. The molecule has 3 rings (SSSR count). The van der Waals surface area contributed by atoms with Gasteiger partial charge in [0.15, 0.2) is 0 Å². The molecule has 0 aromatic heterocycles. The molecule has 2 unspecified atom stereocenters. The third kappa shape index (κ3) is 4.15. The van der Waals surface area contributed by atoms with Crippen LogP contribution in [-0.2, 0) is 13.2 Å². The summed E-state index contributed by atoms with van der Waals surface area (Å²) in [5, 5.41) is 9.98. The number of aryl methyl sites for hydroxylation is 1. The molecule has 1 aliphatic heterocycles. The zero-order valence-electron chi connectivity index (χ0n) is 14.2. The number of piperidine rings is 1. The number of benzene rings is 2. The van der Waals surface area contributed by atoms with E-state index in [-0.39, 0.29) is 6.04 Å². The first-order valence-electron chi connectivity index (χ1n) is 8.54. The van der Waals surface area contributed by atoms with Gasteiger partial charge in [0.2, 0.25) is 0 Å². The van der Waals surface area contributed by atoms with Gasteiger partial charge in [-0.25, -0.2) is 0 Å². The van der Waals surface area contributed by atoms with Gasteiger partial charge in [0.05, 0.1) is 6.10 Å². The number of hydrogen-bond acceptors (Lipinski definition) is 4. The first-order chi connectivity index (χ1) is 11.6. The summed E-state index contributed by atoms with van der Waals surface area (Å²) < 4.78 is 6.08. The SMILES string of the molecule is Cc1ccccc1COc1ccccc1CN1CCC(N)C(O)C1. The Kier molecular flexibility index (Phi) is 5.51.